The van der Waals surface area contributed by atoms with E-state index in [0.717, 1.165) is 23.9 Å². The second kappa shape index (κ2) is 8.44. The maximum Gasteiger partial charge on any atom is 0.433 e. The number of alkyl halides is 3. The Balaban J connectivity index is 1.94. The van der Waals surface area contributed by atoms with Gasteiger partial charge in [0.15, 0.2) is 5.82 Å². The van der Waals surface area contributed by atoms with Gasteiger partial charge in [0.2, 0.25) is 5.43 Å². The Morgan fingerprint density at radius 3 is 2.41 bits per heavy atom. The minimum atomic E-state index is -4.58. The molecule has 0 spiro atoms. The van der Waals surface area contributed by atoms with Crippen molar-refractivity contribution >= 4 is 22.7 Å². The summed E-state index contributed by atoms with van der Waals surface area (Å²) in [5, 5.41) is 4.32. The van der Waals surface area contributed by atoms with Crippen LogP contribution in [0.25, 0.3) is 28.4 Å². The highest BCUT2D eigenvalue weighted by Crippen LogP contribution is 2.28. The zero-order valence-corrected chi connectivity index (χ0v) is 18.2. The van der Waals surface area contributed by atoms with Crippen molar-refractivity contribution in [2.24, 2.45) is 0 Å². The fourth-order valence-corrected chi connectivity index (χ4v) is 3.40. The van der Waals surface area contributed by atoms with Gasteiger partial charge in [-0.25, -0.2) is 18.4 Å². The Morgan fingerprint density at radius 1 is 1.06 bits per heavy atom. The van der Waals surface area contributed by atoms with Crippen LogP contribution in [0.3, 0.4) is 0 Å². The van der Waals surface area contributed by atoms with Crippen LogP contribution >= 0.6 is 0 Å². The lowest BCUT2D eigenvalue weighted by molar-refractivity contribution is -0.141. The molecular formula is C24H17F5N4O. The van der Waals surface area contributed by atoms with E-state index < -0.39 is 28.9 Å². The molecule has 174 valence electrons. The largest absolute Gasteiger partial charge is 0.433 e. The van der Waals surface area contributed by atoms with Crippen LogP contribution in [0.4, 0.5) is 22.0 Å². The van der Waals surface area contributed by atoms with Crippen LogP contribution in [0.2, 0.25) is 0 Å². The molecule has 0 aliphatic heterocycles. The Hall–Kier alpha value is -3.95. The zero-order valence-electron chi connectivity index (χ0n) is 18.2. The van der Waals surface area contributed by atoms with E-state index in [2.05, 4.69) is 15.1 Å². The topological polar surface area (TPSA) is 60.7 Å². The van der Waals surface area contributed by atoms with Crippen LogP contribution in [0.1, 0.15) is 35.1 Å². The zero-order chi connectivity index (χ0) is 24.8. The number of allylic oxidation sites excluding steroid dienone is 1. The lowest BCUT2D eigenvalue weighted by Gasteiger charge is -2.14. The summed E-state index contributed by atoms with van der Waals surface area (Å²) in [6, 6.07) is 6.63. The maximum atomic E-state index is 14.6. The van der Waals surface area contributed by atoms with Crippen molar-refractivity contribution in [3.8, 4) is 5.69 Å². The third kappa shape index (κ3) is 4.30. The summed E-state index contributed by atoms with van der Waals surface area (Å²) >= 11 is 0. The lowest BCUT2D eigenvalue weighted by Crippen LogP contribution is -2.20. The molecule has 4 rings (SSSR count). The molecule has 0 radical (unpaired) electrons. The SMILES string of the molecule is C/C(=C\c1ccc(C(F)(F)F)nc1)c1nn(-c2ccc(F)cc2F)c2cc(C)c(C)nc2c1=O. The predicted octanol–water partition coefficient (Wildman–Crippen LogP) is 5.65. The molecular weight excluding hydrogens is 455 g/mol. The molecule has 0 aliphatic rings. The Morgan fingerprint density at radius 2 is 1.79 bits per heavy atom. The molecule has 3 aromatic heterocycles. The van der Waals surface area contributed by atoms with E-state index in [-0.39, 0.29) is 22.4 Å². The average Bonchev–Trinajstić information content (AvgIpc) is 2.76. The predicted molar refractivity (Wildman–Crippen MR) is 117 cm³/mol. The fourth-order valence-electron chi connectivity index (χ4n) is 3.40. The quantitative estimate of drug-likeness (QED) is 0.362. The molecule has 0 N–H and O–H groups in total. The van der Waals surface area contributed by atoms with Crippen molar-refractivity contribution in [2.75, 3.05) is 0 Å². The molecule has 3 heterocycles. The highest BCUT2D eigenvalue weighted by atomic mass is 19.4. The first-order chi connectivity index (χ1) is 16.0. The van der Waals surface area contributed by atoms with Gasteiger partial charge in [-0.05, 0) is 67.8 Å². The van der Waals surface area contributed by atoms with Gasteiger partial charge < -0.3 is 0 Å². The molecule has 0 aliphatic carbocycles. The molecule has 0 saturated heterocycles. The highest BCUT2D eigenvalue weighted by molar-refractivity contribution is 5.84. The first-order valence-electron chi connectivity index (χ1n) is 10.0. The van der Waals surface area contributed by atoms with E-state index in [4.69, 9.17) is 0 Å². The third-order valence-electron chi connectivity index (χ3n) is 5.28. The van der Waals surface area contributed by atoms with E-state index in [0.29, 0.717) is 22.9 Å². The van der Waals surface area contributed by atoms with Gasteiger partial charge in [-0.15, -0.1) is 0 Å². The minimum absolute atomic E-state index is 0.0233. The molecule has 0 amide bonds. The van der Waals surface area contributed by atoms with E-state index in [9.17, 15) is 26.7 Å². The number of halogens is 5. The number of aryl methyl sites for hydroxylation is 2. The van der Waals surface area contributed by atoms with Crippen LogP contribution in [0, 0.1) is 25.5 Å². The summed E-state index contributed by atoms with van der Waals surface area (Å²) in [5.74, 6) is -1.67. The van der Waals surface area contributed by atoms with Crippen molar-refractivity contribution in [3.63, 3.8) is 0 Å². The molecule has 0 atom stereocenters. The van der Waals surface area contributed by atoms with E-state index >= 15 is 0 Å². The number of benzene rings is 1. The van der Waals surface area contributed by atoms with Crippen molar-refractivity contribution < 1.29 is 22.0 Å². The van der Waals surface area contributed by atoms with Gasteiger partial charge in [0.1, 0.15) is 28.4 Å². The molecule has 1 aromatic carbocycles. The maximum absolute atomic E-state index is 14.6. The Labute approximate surface area is 190 Å². The molecule has 34 heavy (non-hydrogen) atoms. The molecule has 5 nitrogen and oxygen atoms in total. The van der Waals surface area contributed by atoms with Crippen molar-refractivity contribution in [1.29, 1.82) is 0 Å². The van der Waals surface area contributed by atoms with Gasteiger partial charge in [-0.3, -0.25) is 9.78 Å². The van der Waals surface area contributed by atoms with Gasteiger partial charge in [0.25, 0.3) is 0 Å². The van der Waals surface area contributed by atoms with Gasteiger partial charge in [0.05, 0.1) is 5.52 Å². The van der Waals surface area contributed by atoms with Crippen molar-refractivity contribution in [2.45, 2.75) is 26.9 Å². The highest BCUT2D eigenvalue weighted by Gasteiger charge is 2.32. The van der Waals surface area contributed by atoms with Gasteiger partial charge in [-0.1, -0.05) is 6.07 Å². The monoisotopic (exact) mass is 472 g/mol. The molecule has 0 fully saturated rings. The number of nitrogens with zero attached hydrogens (tertiary/aromatic N) is 4. The summed E-state index contributed by atoms with van der Waals surface area (Å²) in [5.41, 5.74) is 0.405. The number of aromatic nitrogens is 4. The summed E-state index contributed by atoms with van der Waals surface area (Å²) in [4.78, 5) is 21.0. The molecule has 0 unspecified atom stereocenters. The number of rotatable bonds is 3. The van der Waals surface area contributed by atoms with E-state index in [1.165, 1.54) is 22.9 Å². The number of hydrogen-bond donors (Lipinski definition) is 0. The fraction of sp³-hybridized carbons (Fsp3) is 0.167. The van der Waals surface area contributed by atoms with Crippen LogP contribution in [0.15, 0.2) is 47.4 Å². The minimum Gasteiger partial charge on any atom is -0.285 e. The van der Waals surface area contributed by atoms with Gasteiger partial charge in [-0.2, -0.15) is 18.3 Å². The van der Waals surface area contributed by atoms with E-state index in [1.54, 1.807) is 26.8 Å². The standard InChI is InChI=1S/C24H17F5N4O/c1-12-9-19-22(31-14(12)3)23(34)21(32-33(19)18-6-5-16(25)10-17(18)26)13(2)8-15-4-7-20(30-11-15)24(27,28)29/h4-11H,1-3H3/b13-8+. The first kappa shape index (κ1) is 23.2. The molecule has 4 aromatic rings. The molecule has 10 heteroatoms. The Bertz CT molecular complexity index is 1510. The second-order valence-electron chi connectivity index (χ2n) is 7.75. The second-order valence-corrected chi connectivity index (χ2v) is 7.75. The van der Waals surface area contributed by atoms with Gasteiger partial charge in [0, 0.05) is 18.0 Å². The summed E-state index contributed by atoms with van der Waals surface area (Å²) in [6.07, 6.45) is -2.11. The van der Waals surface area contributed by atoms with Crippen LogP contribution in [0.5, 0.6) is 0 Å². The third-order valence-corrected chi connectivity index (χ3v) is 5.28. The van der Waals surface area contributed by atoms with E-state index in [1.807, 2.05) is 0 Å². The first-order valence-corrected chi connectivity index (χ1v) is 10.0. The van der Waals surface area contributed by atoms with Crippen LogP contribution in [-0.2, 0) is 6.18 Å². The number of pyridine rings is 2. The summed E-state index contributed by atoms with van der Waals surface area (Å²) < 4.78 is 67.6. The Kier molecular flexibility index (Phi) is 5.76. The van der Waals surface area contributed by atoms with Crippen molar-refractivity contribution in [1.82, 2.24) is 19.7 Å². The van der Waals surface area contributed by atoms with Crippen molar-refractivity contribution in [3.05, 3.63) is 92.7 Å². The molecule has 0 bridgehead atoms. The number of hydrogen-bond acceptors (Lipinski definition) is 4. The summed E-state index contributed by atoms with van der Waals surface area (Å²) in [7, 11) is 0. The lowest BCUT2D eigenvalue weighted by atomic mass is 10.1. The summed E-state index contributed by atoms with van der Waals surface area (Å²) in [6.45, 7) is 5.03. The van der Waals surface area contributed by atoms with Crippen LogP contribution in [-0.4, -0.2) is 19.7 Å². The number of fused-ring (bicyclic) bond motifs is 1. The average molecular weight is 472 g/mol. The van der Waals surface area contributed by atoms with Gasteiger partial charge >= 0.3 is 6.18 Å². The molecule has 0 saturated carbocycles. The smallest absolute Gasteiger partial charge is 0.285 e. The normalized spacial score (nSPS) is 12.4. The van der Waals surface area contributed by atoms with Crippen LogP contribution < -0.4 is 5.43 Å².